The van der Waals surface area contributed by atoms with Crippen molar-refractivity contribution < 1.29 is 9.59 Å². The summed E-state index contributed by atoms with van der Waals surface area (Å²) < 4.78 is 0. The topological polar surface area (TPSA) is 49.4 Å². The van der Waals surface area contributed by atoms with E-state index in [9.17, 15) is 9.59 Å². The Bertz CT molecular complexity index is 517. The monoisotopic (exact) mass is 300 g/mol. The first-order chi connectivity index (χ1) is 10.6. The molecule has 0 saturated carbocycles. The Morgan fingerprint density at radius 3 is 2.55 bits per heavy atom. The molecule has 1 aliphatic rings. The summed E-state index contributed by atoms with van der Waals surface area (Å²) in [5, 5.41) is 2.83. The van der Waals surface area contributed by atoms with Crippen molar-refractivity contribution in [1.29, 1.82) is 0 Å². The maximum Gasteiger partial charge on any atom is 0.246 e. The molecule has 22 heavy (non-hydrogen) atoms. The van der Waals surface area contributed by atoms with Crippen molar-refractivity contribution in [3.05, 3.63) is 42.0 Å². The minimum Gasteiger partial charge on any atom is -0.356 e. The molecule has 0 aromatic heterocycles. The third-order valence-corrected chi connectivity index (χ3v) is 4.07. The van der Waals surface area contributed by atoms with Gasteiger partial charge in [0.25, 0.3) is 0 Å². The fourth-order valence-corrected chi connectivity index (χ4v) is 2.73. The number of carbonyl (C=O) groups is 2. The Kier molecular flexibility index (Phi) is 6.19. The number of rotatable bonds is 5. The summed E-state index contributed by atoms with van der Waals surface area (Å²) in [6, 6.07) is 9.86. The Labute approximate surface area is 132 Å². The van der Waals surface area contributed by atoms with Gasteiger partial charge >= 0.3 is 0 Å². The van der Waals surface area contributed by atoms with Crippen molar-refractivity contribution in [3.63, 3.8) is 0 Å². The van der Waals surface area contributed by atoms with Gasteiger partial charge in [0.2, 0.25) is 11.8 Å². The van der Waals surface area contributed by atoms with E-state index in [2.05, 4.69) is 5.32 Å². The van der Waals surface area contributed by atoms with Crippen LogP contribution in [0.1, 0.15) is 31.7 Å². The van der Waals surface area contributed by atoms with E-state index in [1.54, 1.807) is 13.0 Å². The number of piperidine rings is 1. The van der Waals surface area contributed by atoms with E-state index >= 15 is 0 Å². The van der Waals surface area contributed by atoms with E-state index < -0.39 is 0 Å². The fraction of sp³-hybridized carbons (Fsp3) is 0.444. The maximum absolute atomic E-state index is 12.2. The number of amides is 2. The summed E-state index contributed by atoms with van der Waals surface area (Å²) in [6.07, 6.45) is 6.56. The number of hydrogen-bond donors (Lipinski definition) is 1. The normalized spacial score (nSPS) is 16.0. The molecule has 2 amide bonds. The number of nitrogens with zero attached hydrogens (tertiary/aromatic N) is 1. The molecule has 0 bridgehead atoms. The second-order valence-corrected chi connectivity index (χ2v) is 5.78. The van der Waals surface area contributed by atoms with Crippen LogP contribution < -0.4 is 5.32 Å². The van der Waals surface area contributed by atoms with Crippen LogP contribution in [0.5, 0.6) is 0 Å². The van der Waals surface area contributed by atoms with Crippen LogP contribution in [0.4, 0.5) is 0 Å². The highest BCUT2D eigenvalue weighted by Crippen LogP contribution is 2.20. The largest absolute Gasteiger partial charge is 0.356 e. The number of likely N-dealkylation sites (tertiary alicyclic amines) is 1. The van der Waals surface area contributed by atoms with Crippen molar-refractivity contribution in [2.45, 2.75) is 26.2 Å². The van der Waals surface area contributed by atoms with Gasteiger partial charge in [-0.1, -0.05) is 30.3 Å². The molecule has 0 spiro atoms. The van der Waals surface area contributed by atoms with E-state index in [1.165, 1.54) is 0 Å². The molecule has 2 rings (SSSR count). The molecule has 0 radical (unpaired) electrons. The molecule has 1 heterocycles. The molecule has 1 fully saturated rings. The Hall–Kier alpha value is -2.10. The highest BCUT2D eigenvalue weighted by atomic mass is 16.2. The molecule has 1 aliphatic heterocycles. The van der Waals surface area contributed by atoms with Crippen LogP contribution >= 0.6 is 0 Å². The molecule has 0 atom stereocenters. The standard InChI is InChI=1S/C18H24N2O2/c1-15(21)19-12-9-17-10-13-20(14-11-17)18(22)8-7-16-5-3-2-4-6-16/h2-8,17H,9-14H2,1H3,(H,19,21)/b8-7+. The highest BCUT2D eigenvalue weighted by molar-refractivity contribution is 5.91. The van der Waals surface area contributed by atoms with Crippen molar-refractivity contribution >= 4 is 17.9 Å². The summed E-state index contributed by atoms with van der Waals surface area (Å²) in [6.45, 7) is 3.90. The maximum atomic E-state index is 12.2. The SMILES string of the molecule is CC(=O)NCCC1CCN(C(=O)/C=C/c2ccccc2)CC1. The van der Waals surface area contributed by atoms with Gasteiger partial charge in [-0.2, -0.15) is 0 Å². The van der Waals surface area contributed by atoms with Crippen molar-refractivity contribution in [2.24, 2.45) is 5.92 Å². The van der Waals surface area contributed by atoms with Gasteiger partial charge in [-0.05, 0) is 36.8 Å². The van der Waals surface area contributed by atoms with Gasteiger partial charge in [-0.15, -0.1) is 0 Å². The van der Waals surface area contributed by atoms with Gasteiger partial charge < -0.3 is 10.2 Å². The lowest BCUT2D eigenvalue weighted by Gasteiger charge is -2.31. The summed E-state index contributed by atoms with van der Waals surface area (Å²) in [5.74, 6) is 0.719. The highest BCUT2D eigenvalue weighted by Gasteiger charge is 2.21. The van der Waals surface area contributed by atoms with Gasteiger partial charge in [0.15, 0.2) is 0 Å². The van der Waals surface area contributed by atoms with E-state index in [1.807, 2.05) is 41.3 Å². The predicted octanol–water partition coefficient (Wildman–Crippen LogP) is 2.46. The Morgan fingerprint density at radius 1 is 1.23 bits per heavy atom. The summed E-state index contributed by atoms with van der Waals surface area (Å²) in [7, 11) is 0. The molecular formula is C18H24N2O2. The molecular weight excluding hydrogens is 276 g/mol. The second kappa shape index (κ2) is 8.37. The van der Waals surface area contributed by atoms with Crippen LogP contribution in [-0.4, -0.2) is 36.3 Å². The van der Waals surface area contributed by atoms with Gasteiger partial charge in [0, 0.05) is 32.6 Å². The molecule has 4 nitrogen and oxygen atoms in total. The van der Waals surface area contributed by atoms with E-state index in [4.69, 9.17) is 0 Å². The Balaban J connectivity index is 1.73. The number of benzene rings is 1. The number of hydrogen-bond acceptors (Lipinski definition) is 2. The summed E-state index contributed by atoms with van der Waals surface area (Å²) >= 11 is 0. The number of nitrogens with one attached hydrogen (secondary N) is 1. The molecule has 118 valence electrons. The second-order valence-electron chi connectivity index (χ2n) is 5.78. The van der Waals surface area contributed by atoms with E-state index in [-0.39, 0.29) is 11.8 Å². The van der Waals surface area contributed by atoms with Gasteiger partial charge in [0.05, 0.1) is 0 Å². The smallest absolute Gasteiger partial charge is 0.246 e. The van der Waals surface area contributed by atoms with Crippen molar-refractivity contribution in [2.75, 3.05) is 19.6 Å². The number of carbonyl (C=O) groups excluding carboxylic acids is 2. The minimum absolute atomic E-state index is 0.0265. The molecule has 0 aliphatic carbocycles. The molecule has 0 unspecified atom stereocenters. The molecule has 1 aromatic rings. The summed E-state index contributed by atoms with van der Waals surface area (Å²) in [4.78, 5) is 24.9. The van der Waals surface area contributed by atoms with E-state index in [0.717, 1.165) is 44.5 Å². The lowest BCUT2D eigenvalue weighted by molar-refractivity contribution is -0.127. The molecule has 4 heteroatoms. The summed E-state index contributed by atoms with van der Waals surface area (Å²) in [5.41, 5.74) is 1.04. The predicted molar refractivity (Wildman–Crippen MR) is 88.1 cm³/mol. The van der Waals surface area contributed by atoms with Gasteiger partial charge in [-0.3, -0.25) is 9.59 Å². The minimum atomic E-state index is 0.0265. The van der Waals surface area contributed by atoms with Crippen LogP contribution in [0, 0.1) is 5.92 Å². The van der Waals surface area contributed by atoms with Crippen LogP contribution in [0.3, 0.4) is 0 Å². The third-order valence-electron chi connectivity index (χ3n) is 4.07. The van der Waals surface area contributed by atoms with Crippen LogP contribution in [0.25, 0.3) is 6.08 Å². The zero-order valence-corrected chi connectivity index (χ0v) is 13.1. The first kappa shape index (κ1) is 16.3. The average Bonchev–Trinajstić information content (AvgIpc) is 2.54. The van der Waals surface area contributed by atoms with Crippen molar-refractivity contribution in [3.8, 4) is 0 Å². The van der Waals surface area contributed by atoms with E-state index in [0.29, 0.717) is 5.92 Å². The zero-order chi connectivity index (χ0) is 15.8. The molecule has 1 aromatic carbocycles. The van der Waals surface area contributed by atoms with Crippen molar-refractivity contribution in [1.82, 2.24) is 10.2 Å². The van der Waals surface area contributed by atoms with Crippen LogP contribution in [0.2, 0.25) is 0 Å². The lowest BCUT2D eigenvalue weighted by atomic mass is 9.93. The zero-order valence-electron chi connectivity index (χ0n) is 13.1. The molecule has 1 saturated heterocycles. The first-order valence-electron chi connectivity index (χ1n) is 7.91. The van der Waals surface area contributed by atoms with Gasteiger partial charge in [-0.25, -0.2) is 0 Å². The average molecular weight is 300 g/mol. The van der Waals surface area contributed by atoms with Gasteiger partial charge in [0.1, 0.15) is 0 Å². The third kappa shape index (κ3) is 5.35. The Morgan fingerprint density at radius 2 is 1.91 bits per heavy atom. The first-order valence-corrected chi connectivity index (χ1v) is 7.91. The fourth-order valence-electron chi connectivity index (χ4n) is 2.73. The van der Waals surface area contributed by atoms with Crippen LogP contribution in [0.15, 0.2) is 36.4 Å². The molecule has 1 N–H and O–H groups in total. The quantitative estimate of drug-likeness (QED) is 0.849. The van der Waals surface area contributed by atoms with Crippen LogP contribution in [-0.2, 0) is 9.59 Å². The lowest BCUT2D eigenvalue weighted by Crippen LogP contribution is -2.38.